The number of carboxylic acids is 1. The molecule has 3 aromatic rings. The molecule has 4 rings (SSSR count). The predicted octanol–water partition coefficient (Wildman–Crippen LogP) is 6.64. The zero-order chi connectivity index (χ0) is 21.3. The Morgan fingerprint density at radius 3 is 2.50 bits per heavy atom. The maximum absolute atomic E-state index is 11.4. The molecule has 0 spiro atoms. The van der Waals surface area contributed by atoms with Gasteiger partial charge in [-0.2, -0.15) is 0 Å². The first-order valence-corrected chi connectivity index (χ1v) is 9.79. The van der Waals surface area contributed by atoms with E-state index in [0.29, 0.717) is 16.5 Å². The number of allylic oxidation sites excluding steroid dienone is 2. The van der Waals surface area contributed by atoms with Gasteiger partial charge in [0.15, 0.2) is 0 Å². The lowest BCUT2D eigenvalue weighted by molar-refractivity contribution is -0.135. The van der Waals surface area contributed by atoms with E-state index in [1.54, 1.807) is 24.3 Å². The van der Waals surface area contributed by atoms with Gasteiger partial charge in [-0.15, -0.1) is 0 Å². The molecule has 5 heteroatoms. The Kier molecular flexibility index (Phi) is 5.34. The zero-order valence-electron chi connectivity index (χ0n) is 16.2. The number of rotatable bonds is 5. The highest BCUT2D eigenvalue weighted by Crippen LogP contribution is 2.44. The number of hydrogen-bond donors (Lipinski definition) is 2. The van der Waals surface area contributed by atoms with Crippen LogP contribution in [0.2, 0.25) is 5.02 Å². The van der Waals surface area contributed by atoms with Gasteiger partial charge in [-0.1, -0.05) is 29.8 Å². The summed E-state index contributed by atoms with van der Waals surface area (Å²) in [6.45, 7) is 1.94. The standard InChI is InChI=1S/C25H19ClO4/c1-15-22(21-10-5-17(26)13-24(21)23(15)14-25(28)29)12-16-3-2-4-20(11-16)30-19-8-6-18(27)7-9-19/h2-13,27H,14H2,1H3,(H,28,29)/b22-12-. The minimum absolute atomic E-state index is 0.0550. The summed E-state index contributed by atoms with van der Waals surface area (Å²) < 4.78 is 5.88. The van der Waals surface area contributed by atoms with Crippen LogP contribution < -0.4 is 4.74 Å². The maximum Gasteiger partial charge on any atom is 0.307 e. The molecule has 0 fully saturated rings. The van der Waals surface area contributed by atoms with E-state index in [1.807, 2.05) is 55.5 Å². The van der Waals surface area contributed by atoms with Crippen LogP contribution in [0.5, 0.6) is 17.2 Å². The Bertz CT molecular complexity index is 1190. The molecule has 0 unspecified atom stereocenters. The van der Waals surface area contributed by atoms with Crippen molar-refractivity contribution in [1.29, 1.82) is 0 Å². The van der Waals surface area contributed by atoms with Crippen LogP contribution >= 0.6 is 11.6 Å². The highest BCUT2D eigenvalue weighted by Gasteiger charge is 2.25. The summed E-state index contributed by atoms with van der Waals surface area (Å²) in [5.41, 5.74) is 5.45. The van der Waals surface area contributed by atoms with Crippen molar-refractivity contribution in [1.82, 2.24) is 0 Å². The lowest BCUT2D eigenvalue weighted by Gasteiger charge is -2.08. The smallest absolute Gasteiger partial charge is 0.307 e. The number of hydrogen-bond acceptors (Lipinski definition) is 3. The monoisotopic (exact) mass is 418 g/mol. The van der Waals surface area contributed by atoms with Crippen LogP contribution in [0.1, 0.15) is 30.0 Å². The first-order chi connectivity index (χ1) is 14.4. The molecule has 0 heterocycles. The van der Waals surface area contributed by atoms with Gasteiger partial charge in [0.2, 0.25) is 0 Å². The number of benzene rings is 3. The van der Waals surface area contributed by atoms with Crippen LogP contribution in [0.4, 0.5) is 0 Å². The lowest BCUT2D eigenvalue weighted by atomic mass is 10.0. The largest absolute Gasteiger partial charge is 0.508 e. The summed E-state index contributed by atoms with van der Waals surface area (Å²) in [6, 6.07) is 19.7. The van der Waals surface area contributed by atoms with Gasteiger partial charge >= 0.3 is 5.97 Å². The Morgan fingerprint density at radius 2 is 1.77 bits per heavy atom. The highest BCUT2D eigenvalue weighted by molar-refractivity contribution is 6.31. The normalized spacial score (nSPS) is 14.1. The second-order valence-corrected chi connectivity index (χ2v) is 7.53. The first kappa shape index (κ1) is 19.8. The van der Waals surface area contributed by atoms with Crippen molar-refractivity contribution in [3.05, 3.63) is 94.0 Å². The number of aliphatic carboxylic acids is 1. The van der Waals surface area contributed by atoms with E-state index in [9.17, 15) is 15.0 Å². The van der Waals surface area contributed by atoms with Crippen molar-refractivity contribution >= 4 is 34.8 Å². The third-order valence-electron chi connectivity index (χ3n) is 5.02. The number of phenols is 1. The second kappa shape index (κ2) is 8.09. The fraction of sp³-hybridized carbons (Fsp3) is 0.0800. The van der Waals surface area contributed by atoms with E-state index < -0.39 is 5.97 Å². The molecule has 4 nitrogen and oxygen atoms in total. The van der Waals surface area contributed by atoms with Crippen LogP contribution in [0.15, 0.2) is 72.3 Å². The van der Waals surface area contributed by atoms with Crippen LogP contribution in [-0.4, -0.2) is 16.2 Å². The summed E-state index contributed by atoms with van der Waals surface area (Å²) in [6.07, 6.45) is 1.97. The maximum atomic E-state index is 11.4. The van der Waals surface area contributed by atoms with Gasteiger partial charge in [-0.25, -0.2) is 0 Å². The van der Waals surface area contributed by atoms with E-state index >= 15 is 0 Å². The molecular weight excluding hydrogens is 400 g/mol. The molecule has 2 N–H and O–H groups in total. The van der Waals surface area contributed by atoms with Gasteiger partial charge in [-0.3, -0.25) is 4.79 Å². The molecule has 0 amide bonds. The molecule has 30 heavy (non-hydrogen) atoms. The van der Waals surface area contributed by atoms with Crippen molar-refractivity contribution in [3.8, 4) is 17.2 Å². The van der Waals surface area contributed by atoms with E-state index in [0.717, 1.165) is 33.4 Å². The summed E-state index contributed by atoms with van der Waals surface area (Å²) in [5, 5.41) is 19.3. The van der Waals surface area contributed by atoms with Crippen LogP contribution in [0.25, 0.3) is 17.2 Å². The molecule has 3 aromatic carbocycles. The van der Waals surface area contributed by atoms with Gasteiger partial charge in [-0.05, 0) is 94.9 Å². The van der Waals surface area contributed by atoms with E-state index in [2.05, 4.69) is 0 Å². The molecule has 0 saturated carbocycles. The SMILES string of the molecule is CC1=C(CC(=O)O)c2cc(Cl)ccc2/C1=C\c1cccc(Oc2ccc(O)cc2)c1. The van der Waals surface area contributed by atoms with E-state index in [1.165, 1.54) is 0 Å². The molecule has 0 aromatic heterocycles. The molecule has 1 aliphatic rings. The van der Waals surface area contributed by atoms with Crippen molar-refractivity contribution in [2.45, 2.75) is 13.3 Å². The van der Waals surface area contributed by atoms with Crippen molar-refractivity contribution in [2.75, 3.05) is 0 Å². The number of carboxylic acid groups (broad SMARTS) is 1. The van der Waals surface area contributed by atoms with Crippen molar-refractivity contribution in [3.63, 3.8) is 0 Å². The zero-order valence-corrected chi connectivity index (χ0v) is 17.0. The topological polar surface area (TPSA) is 66.8 Å². The third-order valence-corrected chi connectivity index (χ3v) is 5.26. The molecule has 0 atom stereocenters. The Balaban J connectivity index is 1.71. The second-order valence-electron chi connectivity index (χ2n) is 7.09. The van der Waals surface area contributed by atoms with Crippen LogP contribution in [0, 0.1) is 0 Å². The lowest BCUT2D eigenvalue weighted by Crippen LogP contribution is -1.96. The first-order valence-electron chi connectivity index (χ1n) is 9.41. The van der Waals surface area contributed by atoms with E-state index in [-0.39, 0.29) is 12.2 Å². The Morgan fingerprint density at radius 1 is 1.00 bits per heavy atom. The highest BCUT2D eigenvalue weighted by atomic mass is 35.5. The quantitative estimate of drug-likeness (QED) is 0.487. The van der Waals surface area contributed by atoms with Gasteiger partial charge in [0.25, 0.3) is 0 Å². The van der Waals surface area contributed by atoms with Gasteiger partial charge in [0, 0.05) is 5.02 Å². The van der Waals surface area contributed by atoms with Gasteiger partial charge in [0.1, 0.15) is 17.2 Å². The van der Waals surface area contributed by atoms with Crippen LogP contribution in [-0.2, 0) is 4.79 Å². The fourth-order valence-corrected chi connectivity index (χ4v) is 3.79. The molecule has 0 radical (unpaired) electrons. The number of carbonyl (C=O) groups is 1. The molecular formula is C25H19ClO4. The van der Waals surface area contributed by atoms with Gasteiger partial charge in [0.05, 0.1) is 6.42 Å². The number of fused-ring (bicyclic) bond motifs is 1. The number of ether oxygens (including phenoxy) is 1. The van der Waals surface area contributed by atoms with E-state index in [4.69, 9.17) is 16.3 Å². The molecule has 1 aliphatic carbocycles. The Labute approximate surface area is 179 Å². The Hall–Kier alpha value is -3.50. The summed E-state index contributed by atoms with van der Waals surface area (Å²) in [7, 11) is 0. The number of aromatic hydroxyl groups is 1. The average Bonchev–Trinajstić information content (AvgIpc) is 2.95. The average molecular weight is 419 g/mol. The number of halogens is 1. The third kappa shape index (κ3) is 4.09. The summed E-state index contributed by atoms with van der Waals surface area (Å²) >= 11 is 6.17. The van der Waals surface area contributed by atoms with Crippen LogP contribution in [0.3, 0.4) is 0 Å². The molecule has 0 saturated heterocycles. The molecule has 0 aliphatic heterocycles. The van der Waals surface area contributed by atoms with Crippen molar-refractivity contribution < 1.29 is 19.7 Å². The fourth-order valence-electron chi connectivity index (χ4n) is 3.62. The predicted molar refractivity (Wildman–Crippen MR) is 119 cm³/mol. The summed E-state index contributed by atoms with van der Waals surface area (Å²) in [5.74, 6) is 0.594. The minimum atomic E-state index is -0.874. The minimum Gasteiger partial charge on any atom is -0.508 e. The van der Waals surface area contributed by atoms with Crippen molar-refractivity contribution in [2.24, 2.45) is 0 Å². The molecule has 0 bridgehead atoms. The molecule has 150 valence electrons. The van der Waals surface area contributed by atoms with Gasteiger partial charge < -0.3 is 14.9 Å². The number of phenolic OH excluding ortho intramolecular Hbond substituents is 1. The summed E-state index contributed by atoms with van der Waals surface area (Å²) in [4.78, 5) is 11.4.